The van der Waals surface area contributed by atoms with Gasteiger partial charge < -0.3 is 40.3 Å². The highest BCUT2D eigenvalue weighted by molar-refractivity contribution is 5.76. The average Bonchev–Trinajstić information content (AvgIpc) is 3.27. The van der Waals surface area contributed by atoms with Crippen molar-refractivity contribution >= 4 is 5.91 Å². The molecule has 6 N–H and O–H groups in total. The summed E-state index contributed by atoms with van der Waals surface area (Å²) in [6.45, 7) is 3.70. The molecular formula is C53H101NO8. The summed E-state index contributed by atoms with van der Waals surface area (Å²) in [7, 11) is 0. The molecule has 366 valence electrons. The van der Waals surface area contributed by atoms with E-state index in [0.717, 1.165) is 44.9 Å². The fraction of sp³-hybridized carbons (Fsp3) is 0.906. The van der Waals surface area contributed by atoms with Gasteiger partial charge in [-0.25, -0.2) is 0 Å². The molecule has 9 nitrogen and oxygen atoms in total. The van der Waals surface area contributed by atoms with Gasteiger partial charge in [0.15, 0.2) is 6.29 Å². The molecule has 0 bridgehead atoms. The van der Waals surface area contributed by atoms with Gasteiger partial charge in [-0.3, -0.25) is 4.79 Å². The SMILES string of the molecule is CCCC/C=C/CC/C=C/C(O)C(COC1OC(CO)C(O)C(O)C1O)NC(=O)CCCCCCCCCCCCCCCCCCCCCCCCCCCCCCCCC. The normalized spacial score (nSPS) is 20.4. The van der Waals surface area contributed by atoms with Gasteiger partial charge in [-0.15, -0.1) is 0 Å². The summed E-state index contributed by atoms with van der Waals surface area (Å²) in [4.78, 5) is 12.9. The molecule has 0 aromatic carbocycles. The predicted octanol–water partition coefficient (Wildman–Crippen LogP) is 12.2. The smallest absolute Gasteiger partial charge is 0.220 e. The van der Waals surface area contributed by atoms with E-state index in [4.69, 9.17) is 9.47 Å². The lowest BCUT2D eigenvalue weighted by Crippen LogP contribution is -2.60. The number of aliphatic hydroxyl groups excluding tert-OH is 5. The molecule has 1 amide bonds. The van der Waals surface area contributed by atoms with E-state index in [0.29, 0.717) is 6.42 Å². The lowest BCUT2D eigenvalue weighted by molar-refractivity contribution is -0.302. The van der Waals surface area contributed by atoms with Crippen molar-refractivity contribution in [1.82, 2.24) is 5.32 Å². The Balaban J connectivity index is 2.06. The van der Waals surface area contributed by atoms with Crippen LogP contribution < -0.4 is 5.32 Å². The molecule has 62 heavy (non-hydrogen) atoms. The van der Waals surface area contributed by atoms with Crippen molar-refractivity contribution in [1.29, 1.82) is 0 Å². The van der Waals surface area contributed by atoms with Crippen LogP contribution in [0.15, 0.2) is 24.3 Å². The van der Waals surface area contributed by atoms with Crippen molar-refractivity contribution in [3.8, 4) is 0 Å². The number of allylic oxidation sites excluding steroid dienone is 3. The molecule has 9 heteroatoms. The molecule has 7 atom stereocenters. The maximum atomic E-state index is 12.9. The Hall–Kier alpha value is -1.33. The van der Waals surface area contributed by atoms with Gasteiger partial charge in [0.05, 0.1) is 25.4 Å². The van der Waals surface area contributed by atoms with Crippen LogP contribution in [0.4, 0.5) is 0 Å². The minimum absolute atomic E-state index is 0.186. The molecule has 0 spiro atoms. The third kappa shape index (κ3) is 33.2. The van der Waals surface area contributed by atoms with Gasteiger partial charge >= 0.3 is 0 Å². The van der Waals surface area contributed by atoms with Crippen LogP contribution in [0.1, 0.15) is 251 Å². The van der Waals surface area contributed by atoms with Gasteiger partial charge in [0.25, 0.3) is 0 Å². The fourth-order valence-corrected chi connectivity index (χ4v) is 8.51. The Labute approximate surface area is 381 Å². The summed E-state index contributed by atoms with van der Waals surface area (Å²) in [5, 5.41) is 54.0. The van der Waals surface area contributed by atoms with Crippen LogP contribution in [-0.2, 0) is 14.3 Å². The molecular weight excluding hydrogens is 779 g/mol. The van der Waals surface area contributed by atoms with Crippen LogP contribution in [0, 0.1) is 0 Å². The molecule has 0 aromatic rings. The van der Waals surface area contributed by atoms with Crippen LogP contribution in [0.5, 0.6) is 0 Å². The second kappa shape index (κ2) is 43.6. The molecule has 1 fully saturated rings. The van der Waals surface area contributed by atoms with Gasteiger partial charge in [-0.05, 0) is 25.7 Å². The fourth-order valence-electron chi connectivity index (χ4n) is 8.51. The van der Waals surface area contributed by atoms with Gasteiger partial charge in [0.1, 0.15) is 24.4 Å². The van der Waals surface area contributed by atoms with Gasteiger partial charge in [-0.1, -0.05) is 244 Å². The quantitative estimate of drug-likeness (QED) is 0.0262. The Kier molecular flexibility index (Phi) is 41.2. The topological polar surface area (TPSA) is 149 Å². The molecule has 0 aliphatic carbocycles. The number of aliphatic hydroxyl groups is 5. The van der Waals surface area contributed by atoms with E-state index < -0.39 is 49.5 Å². The van der Waals surface area contributed by atoms with Crippen LogP contribution >= 0.6 is 0 Å². The van der Waals surface area contributed by atoms with Gasteiger partial charge in [0, 0.05) is 6.42 Å². The Morgan fingerprint density at radius 2 is 0.919 bits per heavy atom. The van der Waals surface area contributed by atoms with Crippen molar-refractivity contribution in [2.24, 2.45) is 0 Å². The van der Waals surface area contributed by atoms with E-state index in [-0.39, 0.29) is 12.5 Å². The van der Waals surface area contributed by atoms with Crippen molar-refractivity contribution in [3.63, 3.8) is 0 Å². The summed E-state index contributed by atoms with van der Waals surface area (Å²) in [6.07, 6.45) is 47.2. The Morgan fingerprint density at radius 1 is 0.532 bits per heavy atom. The lowest BCUT2D eigenvalue weighted by atomic mass is 9.99. The third-order valence-corrected chi connectivity index (χ3v) is 12.8. The van der Waals surface area contributed by atoms with E-state index in [2.05, 4.69) is 31.3 Å². The first kappa shape index (κ1) is 58.7. The van der Waals surface area contributed by atoms with E-state index in [1.165, 1.54) is 186 Å². The number of carbonyl (C=O) groups is 1. The minimum atomic E-state index is -1.57. The first-order chi connectivity index (χ1) is 30.3. The highest BCUT2D eigenvalue weighted by Crippen LogP contribution is 2.23. The molecule has 0 saturated carbocycles. The number of unbranched alkanes of at least 4 members (excludes halogenated alkanes) is 33. The molecule has 1 rings (SSSR count). The van der Waals surface area contributed by atoms with E-state index in [9.17, 15) is 30.3 Å². The zero-order valence-electron chi connectivity index (χ0n) is 40.4. The van der Waals surface area contributed by atoms with Gasteiger partial charge in [-0.2, -0.15) is 0 Å². The standard InChI is InChI=1S/C53H101NO8/c1-3-5-7-9-11-13-14-15-16-17-18-19-20-21-22-23-24-25-26-27-28-29-30-31-32-33-34-35-37-39-41-43-49(57)54-46(47(56)42-40-38-36-12-10-8-6-4-2)45-61-53-52(60)51(59)50(58)48(44-55)62-53/h10,12,40,42,46-48,50-53,55-56,58-60H,3-9,11,13-39,41,43-45H2,1-2H3,(H,54,57)/b12-10+,42-40+. The predicted molar refractivity (Wildman–Crippen MR) is 258 cm³/mol. The number of carbonyl (C=O) groups excluding carboxylic acids is 1. The van der Waals surface area contributed by atoms with E-state index in [1.807, 2.05) is 6.08 Å². The summed E-state index contributed by atoms with van der Waals surface area (Å²) in [5.41, 5.74) is 0. The Bertz CT molecular complexity index is 1020. The number of nitrogens with one attached hydrogen (secondary N) is 1. The van der Waals surface area contributed by atoms with E-state index >= 15 is 0 Å². The molecule has 1 saturated heterocycles. The highest BCUT2D eigenvalue weighted by atomic mass is 16.7. The average molecular weight is 880 g/mol. The molecule has 1 aliphatic heterocycles. The first-order valence-electron chi connectivity index (χ1n) is 26.6. The van der Waals surface area contributed by atoms with Crippen molar-refractivity contribution in [3.05, 3.63) is 24.3 Å². The lowest BCUT2D eigenvalue weighted by Gasteiger charge is -2.40. The monoisotopic (exact) mass is 880 g/mol. The maximum Gasteiger partial charge on any atom is 0.220 e. The highest BCUT2D eigenvalue weighted by Gasteiger charge is 2.44. The van der Waals surface area contributed by atoms with E-state index in [1.54, 1.807) is 6.08 Å². The number of hydrogen-bond donors (Lipinski definition) is 6. The number of amides is 1. The summed E-state index contributed by atoms with van der Waals surface area (Å²) >= 11 is 0. The first-order valence-corrected chi connectivity index (χ1v) is 26.6. The summed E-state index contributed by atoms with van der Waals surface area (Å²) in [5.74, 6) is -0.186. The van der Waals surface area contributed by atoms with Crippen LogP contribution in [-0.4, -0.2) is 87.5 Å². The molecule has 0 radical (unpaired) electrons. The zero-order valence-corrected chi connectivity index (χ0v) is 40.4. The van der Waals surface area contributed by atoms with Crippen LogP contribution in [0.25, 0.3) is 0 Å². The number of ether oxygens (including phenoxy) is 2. The molecule has 0 aromatic heterocycles. The van der Waals surface area contributed by atoms with Crippen LogP contribution in [0.3, 0.4) is 0 Å². The minimum Gasteiger partial charge on any atom is -0.394 e. The third-order valence-electron chi connectivity index (χ3n) is 12.8. The second-order valence-corrected chi connectivity index (χ2v) is 18.7. The summed E-state index contributed by atoms with van der Waals surface area (Å²) in [6, 6.07) is -0.815. The van der Waals surface area contributed by atoms with Crippen molar-refractivity contribution in [2.45, 2.75) is 294 Å². The number of hydrogen-bond acceptors (Lipinski definition) is 8. The largest absolute Gasteiger partial charge is 0.394 e. The molecule has 1 heterocycles. The molecule has 7 unspecified atom stereocenters. The Morgan fingerprint density at radius 3 is 1.34 bits per heavy atom. The van der Waals surface area contributed by atoms with Crippen molar-refractivity contribution in [2.75, 3.05) is 13.2 Å². The zero-order chi connectivity index (χ0) is 45.1. The van der Waals surface area contributed by atoms with Crippen molar-refractivity contribution < 1.29 is 39.8 Å². The number of rotatable bonds is 45. The second-order valence-electron chi connectivity index (χ2n) is 18.7. The van der Waals surface area contributed by atoms with Gasteiger partial charge in [0.2, 0.25) is 5.91 Å². The van der Waals surface area contributed by atoms with Crippen LogP contribution in [0.2, 0.25) is 0 Å². The maximum absolute atomic E-state index is 12.9. The summed E-state index contributed by atoms with van der Waals surface area (Å²) < 4.78 is 11.2. The molecule has 1 aliphatic rings.